The molecular formula is C29H26N4O2. The van der Waals surface area contributed by atoms with Crippen LogP contribution in [0.25, 0.3) is 33.1 Å². The Morgan fingerprint density at radius 2 is 1.60 bits per heavy atom. The van der Waals surface area contributed by atoms with Gasteiger partial charge in [-0.05, 0) is 58.0 Å². The van der Waals surface area contributed by atoms with Gasteiger partial charge in [0.15, 0.2) is 5.69 Å². The van der Waals surface area contributed by atoms with Crippen molar-refractivity contribution in [1.29, 1.82) is 0 Å². The lowest BCUT2D eigenvalue weighted by Crippen LogP contribution is -1.99. The van der Waals surface area contributed by atoms with Gasteiger partial charge >= 0.3 is 0 Å². The van der Waals surface area contributed by atoms with E-state index in [-0.39, 0.29) is 11.9 Å². The lowest BCUT2D eigenvalue weighted by Gasteiger charge is -2.10. The number of amides is 1. The summed E-state index contributed by atoms with van der Waals surface area (Å²) in [6.07, 6.45) is 0. The molecule has 5 rings (SSSR count). The maximum atomic E-state index is 13.4. The fraction of sp³-hybridized carbons (Fsp3) is 0.172. The lowest BCUT2D eigenvalue weighted by atomic mass is 10.0. The molecule has 1 amide bonds. The summed E-state index contributed by atoms with van der Waals surface area (Å²) in [5, 5.41) is 20.8. The molecule has 0 aliphatic rings. The van der Waals surface area contributed by atoms with Crippen molar-refractivity contribution in [3.63, 3.8) is 0 Å². The molecule has 6 nitrogen and oxygen atoms in total. The SMILES string of the molecule is Cc1ccc2nc(-c3ccccc3)cc(C(=O)N=Nc3c(O)n(C(C)C)c4ccc(C)cc34)c2c1. The molecule has 0 spiro atoms. The molecule has 1 N–H and O–H groups in total. The van der Waals surface area contributed by atoms with E-state index in [1.54, 1.807) is 10.6 Å². The predicted octanol–water partition coefficient (Wildman–Crippen LogP) is 7.68. The molecule has 0 fully saturated rings. The van der Waals surface area contributed by atoms with Crippen molar-refractivity contribution in [2.24, 2.45) is 10.2 Å². The Hall–Kier alpha value is -4.32. The van der Waals surface area contributed by atoms with E-state index in [1.165, 1.54) is 0 Å². The van der Waals surface area contributed by atoms with Crippen molar-refractivity contribution in [2.75, 3.05) is 0 Å². The Morgan fingerprint density at radius 1 is 0.914 bits per heavy atom. The number of benzene rings is 3. The van der Waals surface area contributed by atoms with E-state index >= 15 is 0 Å². The van der Waals surface area contributed by atoms with Crippen LogP contribution in [0.1, 0.15) is 41.4 Å². The number of pyridine rings is 1. The zero-order valence-electron chi connectivity index (χ0n) is 20.1. The van der Waals surface area contributed by atoms with E-state index in [4.69, 9.17) is 4.98 Å². The highest BCUT2D eigenvalue weighted by atomic mass is 16.3. The van der Waals surface area contributed by atoms with Crippen LogP contribution < -0.4 is 0 Å². The second-order valence-electron chi connectivity index (χ2n) is 9.10. The van der Waals surface area contributed by atoms with Gasteiger partial charge in [-0.1, -0.05) is 53.6 Å². The van der Waals surface area contributed by atoms with Gasteiger partial charge in [0, 0.05) is 22.4 Å². The first-order valence-corrected chi connectivity index (χ1v) is 11.6. The minimum Gasteiger partial charge on any atom is -0.493 e. The standard InChI is InChI=1S/C29H26N4O2/c1-17(2)33-26-13-11-19(4)15-23(26)27(29(33)35)31-32-28(34)22-16-25(20-8-6-5-7-9-20)30-24-12-10-18(3)14-21(22)24/h5-17,35H,1-4H3. The van der Waals surface area contributed by atoms with Crippen molar-refractivity contribution < 1.29 is 9.90 Å². The average molecular weight is 463 g/mol. The van der Waals surface area contributed by atoms with Crippen LogP contribution in [0.4, 0.5) is 5.69 Å². The lowest BCUT2D eigenvalue weighted by molar-refractivity contribution is 0.0996. The summed E-state index contributed by atoms with van der Waals surface area (Å²) < 4.78 is 1.80. The van der Waals surface area contributed by atoms with Crippen LogP contribution in [0.3, 0.4) is 0 Å². The summed E-state index contributed by atoms with van der Waals surface area (Å²) in [4.78, 5) is 18.2. The van der Waals surface area contributed by atoms with Crippen LogP contribution in [0.15, 0.2) is 83.0 Å². The highest BCUT2D eigenvalue weighted by molar-refractivity contribution is 6.08. The van der Waals surface area contributed by atoms with E-state index in [9.17, 15) is 9.90 Å². The van der Waals surface area contributed by atoms with Gasteiger partial charge in [0.25, 0.3) is 5.91 Å². The molecule has 0 saturated heterocycles. The topological polar surface area (TPSA) is 79.8 Å². The summed E-state index contributed by atoms with van der Waals surface area (Å²) in [7, 11) is 0. The zero-order chi connectivity index (χ0) is 24.7. The molecule has 0 unspecified atom stereocenters. The number of aromatic nitrogens is 2. The van der Waals surface area contributed by atoms with Gasteiger partial charge in [0.1, 0.15) is 0 Å². The van der Waals surface area contributed by atoms with Crippen molar-refractivity contribution in [2.45, 2.75) is 33.7 Å². The Bertz CT molecular complexity index is 1620. The van der Waals surface area contributed by atoms with Crippen molar-refractivity contribution in [3.05, 3.63) is 89.5 Å². The summed E-state index contributed by atoms with van der Waals surface area (Å²) in [5.41, 5.74) is 5.93. The molecule has 0 aliphatic heterocycles. The number of fused-ring (bicyclic) bond motifs is 2. The first-order chi connectivity index (χ1) is 16.8. The second kappa shape index (κ2) is 8.80. The van der Waals surface area contributed by atoms with Crippen LogP contribution in [-0.2, 0) is 0 Å². The van der Waals surface area contributed by atoms with E-state index < -0.39 is 5.91 Å². The van der Waals surface area contributed by atoms with Crippen LogP contribution in [0.5, 0.6) is 5.88 Å². The molecule has 0 atom stereocenters. The minimum absolute atomic E-state index is 0.00226. The van der Waals surface area contributed by atoms with Crippen molar-refractivity contribution in [3.8, 4) is 17.1 Å². The first-order valence-electron chi connectivity index (χ1n) is 11.6. The smallest absolute Gasteiger partial charge is 0.296 e. The Balaban J connectivity index is 1.65. The van der Waals surface area contributed by atoms with Gasteiger partial charge in [-0.3, -0.25) is 4.79 Å². The van der Waals surface area contributed by atoms with Gasteiger partial charge in [-0.25, -0.2) is 4.98 Å². The highest BCUT2D eigenvalue weighted by Crippen LogP contribution is 2.41. The molecule has 3 aromatic carbocycles. The third kappa shape index (κ3) is 4.08. The Morgan fingerprint density at radius 3 is 2.31 bits per heavy atom. The molecule has 35 heavy (non-hydrogen) atoms. The largest absolute Gasteiger partial charge is 0.493 e. The molecular weight excluding hydrogens is 436 g/mol. The number of rotatable bonds is 4. The van der Waals surface area contributed by atoms with Gasteiger partial charge in [0.2, 0.25) is 5.88 Å². The van der Waals surface area contributed by atoms with E-state index in [2.05, 4.69) is 10.2 Å². The number of carbonyl (C=O) groups excluding carboxylic acids is 1. The summed E-state index contributed by atoms with van der Waals surface area (Å²) >= 11 is 0. The number of hydrogen-bond donors (Lipinski definition) is 1. The van der Waals surface area contributed by atoms with Crippen molar-refractivity contribution in [1.82, 2.24) is 9.55 Å². The number of carbonyl (C=O) groups is 1. The summed E-state index contributed by atoms with van der Waals surface area (Å²) in [5.74, 6) is -0.491. The normalized spacial score (nSPS) is 11.8. The Labute approximate surface area is 203 Å². The molecule has 0 saturated carbocycles. The van der Waals surface area contributed by atoms with Crippen LogP contribution in [-0.4, -0.2) is 20.6 Å². The highest BCUT2D eigenvalue weighted by Gasteiger charge is 2.20. The fourth-order valence-corrected chi connectivity index (χ4v) is 4.44. The van der Waals surface area contributed by atoms with Gasteiger partial charge < -0.3 is 9.67 Å². The average Bonchev–Trinajstić information content (AvgIpc) is 3.12. The quantitative estimate of drug-likeness (QED) is 0.278. The third-order valence-corrected chi connectivity index (χ3v) is 6.13. The maximum absolute atomic E-state index is 13.4. The van der Waals surface area contributed by atoms with E-state index in [0.29, 0.717) is 22.5 Å². The molecule has 2 aromatic heterocycles. The molecule has 2 heterocycles. The zero-order valence-corrected chi connectivity index (χ0v) is 20.1. The molecule has 5 aromatic rings. The van der Waals surface area contributed by atoms with Gasteiger partial charge in [-0.2, -0.15) is 0 Å². The fourth-order valence-electron chi connectivity index (χ4n) is 4.44. The monoisotopic (exact) mass is 462 g/mol. The van der Waals surface area contributed by atoms with Gasteiger partial charge in [0.05, 0.1) is 22.3 Å². The predicted molar refractivity (Wildman–Crippen MR) is 139 cm³/mol. The second-order valence-corrected chi connectivity index (χ2v) is 9.10. The first kappa shape index (κ1) is 22.5. The van der Waals surface area contributed by atoms with E-state index in [0.717, 1.165) is 33.0 Å². The summed E-state index contributed by atoms with van der Waals surface area (Å²) in [6.45, 7) is 7.93. The van der Waals surface area contributed by atoms with Crippen LogP contribution in [0, 0.1) is 13.8 Å². The van der Waals surface area contributed by atoms with Crippen molar-refractivity contribution >= 4 is 33.4 Å². The number of hydrogen-bond acceptors (Lipinski definition) is 4. The molecule has 0 bridgehead atoms. The molecule has 174 valence electrons. The van der Waals surface area contributed by atoms with Crippen LogP contribution in [0.2, 0.25) is 0 Å². The molecule has 0 radical (unpaired) electrons. The molecule has 6 heteroatoms. The van der Waals surface area contributed by atoms with E-state index in [1.807, 2.05) is 94.4 Å². The number of aryl methyl sites for hydroxylation is 2. The number of nitrogens with zero attached hydrogens (tertiary/aromatic N) is 4. The maximum Gasteiger partial charge on any atom is 0.296 e. The third-order valence-electron chi connectivity index (χ3n) is 6.13. The number of azo groups is 1. The van der Waals surface area contributed by atoms with Gasteiger partial charge in [-0.15, -0.1) is 10.2 Å². The minimum atomic E-state index is -0.488. The van der Waals surface area contributed by atoms with Crippen LogP contribution >= 0.6 is 0 Å². The number of aromatic hydroxyl groups is 1. The Kier molecular flexibility index (Phi) is 5.65. The summed E-state index contributed by atoms with van der Waals surface area (Å²) in [6, 6.07) is 23.2. The molecule has 0 aliphatic carbocycles.